The van der Waals surface area contributed by atoms with Crippen LogP contribution < -0.4 is 21.5 Å². The number of hydrogen-bond acceptors (Lipinski definition) is 6. The first-order chi connectivity index (χ1) is 15.9. The molecule has 5 rings (SSSR count). The van der Waals surface area contributed by atoms with E-state index in [1.54, 1.807) is 0 Å². The maximum absolute atomic E-state index is 11.3. The van der Waals surface area contributed by atoms with E-state index in [2.05, 4.69) is 21.9 Å². The Morgan fingerprint density at radius 1 is 1.00 bits per heavy atom. The first-order valence-electron chi connectivity index (χ1n) is 11.1. The van der Waals surface area contributed by atoms with Crippen molar-refractivity contribution in [2.24, 2.45) is 17.1 Å². The fraction of sp³-hybridized carbons (Fsp3) is 0.269. The van der Waals surface area contributed by atoms with Gasteiger partial charge in [0.1, 0.15) is 29.5 Å². The topological polar surface area (TPSA) is 116 Å². The van der Waals surface area contributed by atoms with Gasteiger partial charge in [0.25, 0.3) is 0 Å². The molecule has 0 radical (unpaired) electrons. The molecule has 0 aliphatic heterocycles. The molecule has 1 amide bonds. The van der Waals surface area contributed by atoms with Crippen LogP contribution >= 0.6 is 0 Å². The largest absolute Gasteiger partial charge is 0.457 e. The third-order valence-corrected chi connectivity index (χ3v) is 6.87. The van der Waals surface area contributed by atoms with E-state index in [1.807, 2.05) is 54.6 Å². The molecule has 2 aliphatic carbocycles. The zero-order valence-corrected chi connectivity index (χ0v) is 18.3. The molecule has 1 aromatic heterocycles. The molecular weight excluding hydrogens is 414 g/mol. The minimum Gasteiger partial charge on any atom is -0.457 e. The Kier molecular flexibility index (Phi) is 5.24. The highest BCUT2D eigenvalue weighted by Gasteiger charge is 2.53. The number of aromatic nitrogens is 2. The number of carbonyl (C=O) groups is 1. The number of carbonyl (C=O) groups excluding carboxylic acids is 1. The van der Waals surface area contributed by atoms with Crippen molar-refractivity contribution in [1.82, 2.24) is 9.97 Å². The Morgan fingerprint density at radius 2 is 1.67 bits per heavy atom. The average Bonchev–Trinajstić information content (AvgIpc) is 2.75. The Hall–Kier alpha value is -3.87. The van der Waals surface area contributed by atoms with E-state index in [1.165, 1.54) is 6.33 Å². The summed E-state index contributed by atoms with van der Waals surface area (Å²) in [6.45, 7) is 3.84. The molecule has 1 spiro atoms. The molecule has 7 nitrogen and oxygen atoms in total. The van der Waals surface area contributed by atoms with E-state index in [0.717, 1.165) is 54.1 Å². The van der Waals surface area contributed by atoms with Crippen molar-refractivity contribution in [1.29, 1.82) is 0 Å². The predicted molar refractivity (Wildman–Crippen MR) is 129 cm³/mol. The molecule has 0 saturated heterocycles. The Labute approximate surface area is 192 Å². The number of rotatable bonds is 7. The number of nitrogen functional groups attached to an aromatic ring is 1. The highest BCUT2D eigenvalue weighted by Crippen LogP contribution is 2.60. The molecule has 2 aromatic carbocycles. The molecule has 33 heavy (non-hydrogen) atoms. The second-order valence-corrected chi connectivity index (χ2v) is 9.17. The summed E-state index contributed by atoms with van der Waals surface area (Å²) < 4.78 is 5.89. The second kappa shape index (κ2) is 8.24. The Morgan fingerprint density at radius 3 is 2.33 bits per heavy atom. The molecule has 0 unspecified atom stereocenters. The number of anilines is 2. The molecule has 7 heteroatoms. The van der Waals surface area contributed by atoms with Gasteiger partial charge in [-0.05, 0) is 66.8 Å². The van der Waals surface area contributed by atoms with Crippen LogP contribution in [0.25, 0.3) is 11.1 Å². The number of amides is 1. The zero-order valence-electron chi connectivity index (χ0n) is 18.3. The number of nitrogens with two attached hydrogens (primary N) is 2. The van der Waals surface area contributed by atoms with Crippen LogP contribution in [0.15, 0.2) is 73.1 Å². The molecule has 1 heterocycles. The molecule has 3 aromatic rings. The van der Waals surface area contributed by atoms with Crippen molar-refractivity contribution < 1.29 is 9.53 Å². The van der Waals surface area contributed by atoms with Crippen LogP contribution in [0.1, 0.15) is 25.7 Å². The van der Waals surface area contributed by atoms with Crippen molar-refractivity contribution in [2.75, 3.05) is 11.1 Å². The van der Waals surface area contributed by atoms with Crippen molar-refractivity contribution >= 4 is 17.5 Å². The summed E-state index contributed by atoms with van der Waals surface area (Å²) in [6.07, 6.45) is 5.51. The van der Waals surface area contributed by atoms with E-state index in [-0.39, 0.29) is 17.2 Å². The number of nitrogens with zero attached hydrogens (tertiary/aromatic N) is 2. The second-order valence-electron chi connectivity index (χ2n) is 9.17. The monoisotopic (exact) mass is 441 g/mol. The smallest absolute Gasteiger partial charge is 0.244 e. The summed E-state index contributed by atoms with van der Waals surface area (Å²) in [7, 11) is 0. The summed E-state index contributed by atoms with van der Waals surface area (Å²) in [5.41, 5.74) is 14.2. The van der Waals surface area contributed by atoms with Crippen LogP contribution in [0.3, 0.4) is 0 Å². The van der Waals surface area contributed by atoms with Crippen molar-refractivity contribution in [3.63, 3.8) is 0 Å². The SMILES string of the molecule is C=C(C(N)=O)C1CC2(CC(Nc3ncnc(N)c3-c3ccc(Oc4ccccc4)cc3)C2)C1. The summed E-state index contributed by atoms with van der Waals surface area (Å²) in [6, 6.07) is 17.7. The van der Waals surface area contributed by atoms with Gasteiger partial charge in [-0.25, -0.2) is 9.97 Å². The summed E-state index contributed by atoms with van der Waals surface area (Å²) in [5.74, 6) is 2.53. The molecule has 168 valence electrons. The normalized spacial score (nSPS) is 23.3. The molecular formula is C26H27N5O2. The Bertz CT molecular complexity index is 1180. The first kappa shape index (κ1) is 21.0. The van der Waals surface area contributed by atoms with Gasteiger partial charge in [-0.3, -0.25) is 4.79 Å². The lowest BCUT2D eigenvalue weighted by Gasteiger charge is -2.58. The van der Waals surface area contributed by atoms with E-state index >= 15 is 0 Å². The summed E-state index contributed by atoms with van der Waals surface area (Å²) in [4.78, 5) is 20.0. The minimum atomic E-state index is -0.384. The highest BCUT2D eigenvalue weighted by molar-refractivity contribution is 5.92. The molecule has 2 aliphatic rings. The lowest BCUT2D eigenvalue weighted by molar-refractivity contribution is -0.116. The predicted octanol–water partition coefficient (Wildman–Crippen LogP) is 4.53. The van der Waals surface area contributed by atoms with Crippen molar-refractivity contribution in [2.45, 2.75) is 31.7 Å². The number of primary amides is 1. The van der Waals surface area contributed by atoms with E-state index < -0.39 is 0 Å². The van der Waals surface area contributed by atoms with Gasteiger partial charge in [0, 0.05) is 11.6 Å². The van der Waals surface area contributed by atoms with Gasteiger partial charge >= 0.3 is 0 Å². The van der Waals surface area contributed by atoms with Gasteiger partial charge in [0.2, 0.25) is 5.91 Å². The van der Waals surface area contributed by atoms with Gasteiger partial charge in [0.05, 0.1) is 5.56 Å². The molecule has 5 N–H and O–H groups in total. The van der Waals surface area contributed by atoms with Crippen LogP contribution in [-0.4, -0.2) is 21.9 Å². The first-order valence-corrected chi connectivity index (χ1v) is 11.1. The highest BCUT2D eigenvalue weighted by atomic mass is 16.5. The standard InChI is InChI=1S/C26H27N5O2/c1-16(24(28)32)18-11-26(12-18)13-19(14-26)31-25-22(23(27)29-15-30-25)17-7-9-21(10-8-17)33-20-5-3-2-4-6-20/h2-10,15,18-19H,1,11-14H2,(H2,28,32)(H3,27,29,30,31). The van der Waals surface area contributed by atoms with Crippen LogP contribution in [0, 0.1) is 11.3 Å². The number of para-hydroxylation sites is 1. The summed E-state index contributed by atoms with van der Waals surface area (Å²) >= 11 is 0. The zero-order chi connectivity index (χ0) is 23.0. The molecule has 2 fully saturated rings. The molecule has 2 saturated carbocycles. The van der Waals surface area contributed by atoms with Gasteiger partial charge in [-0.1, -0.05) is 36.9 Å². The fourth-order valence-electron chi connectivity index (χ4n) is 5.16. The van der Waals surface area contributed by atoms with E-state index in [9.17, 15) is 4.79 Å². The van der Waals surface area contributed by atoms with Gasteiger partial charge in [-0.2, -0.15) is 0 Å². The van der Waals surface area contributed by atoms with Crippen molar-refractivity contribution in [3.8, 4) is 22.6 Å². The van der Waals surface area contributed by atoms with E-state index in [4.69, 9.17) is 16.2 Å². The third kappa shape index (κ3) is 4.14. The Balaban J connectivity index is 1.26. The third-order valence-electron chi connectivity index (χ3n) is 6.87. The number of nitrogens with one attached hydrogen (secondary N) is 1. The van der Waals surface area contributed by atoms with Crippen LogP contribution in [0.4, 0.5) is 11.6 Å². The maximum atomic E-state index is 11.3. The van der Waals surface area contributed by atoms with Crippen LogP contribution in [0.2, 0.25) is 0 Å². The lowest BCUT2D eigenvalue weighted by Crippen LogP contribution is -2.53. The van der Waals surface area contributed by atoms with Crippen LogP contribution in [-0.2, 0) is 4.79 Å². The van der Waals surface area contributed by atoms with Gasteiger partial charge in [0.15, 0.2) is 0 Å². The fourth-order valence-corrected chi connectivity index (χ4v) is 5.16. The number of benzene rings is 2. The van der Waals surface area contributed by atoms with Crippen molar-refractivity contribution in [3.05, 3.63) is 73.1 Å². The maximum Gasteiger partial charge on any atom is 0.244 e. The molecule has 0 bridgehead atoms. The van der Waals surface area contributed by atoms with Gasteiger partial charge < -0.3 is 21.5 Å². The average molecular weight is 442 g/mol. The van der Waals surface area contributed by atoms with Crippen LogP contribution in [0.5, 0.6) is 11.5 Å². The number of hydrogen-bond donors (Lipinski definition) is 3. The molecule has 0 atom stereocenters. The summed E-state index contributed by atoms with van der Waals surface area (Å²) in [5, 5.41) is 3.55. The quantitative estimate of drug-likeness (QED) is 0.464. The minimum absolute atomic E-state index is 0.227. The van der Waals surface area contributed by atoms with Gasteiger partial charge in [-0.15, -0.1) is 0 Å². The lowest BCUT2D eigenvalue weighted by atomic mass is 9.49. The van der Waals surface area contributed by atoms with E-state index in [0.29, 0.717) is 17.4 Å². The number of ether oxygens (including phenoxy) is 1.